The van der Waals surface area contributed by atoms with Crippen molar-refractivity contribution in [2.24, 2.45) is 0 Å². The molecule has 0 saturated heterocycles. The minimum Gasteiger partial charge on any atom is -0.475 e. The van der Waals surface area contributed by atoms with Gasteiger partial charge in [0.1, 0.15) is 11.2 Å². The lowest BCUT2D eigenvalue weighted by Gasteiger charge is -2.06. The molecule has 0 bridgehead atoms. The molecule has 112 valence electrons. The molecule has 3 heterocycles. The fourth-order valence-corrected chi connectivity index (χ4v) is 1.77. The Labute approximate surface area is 119 Å². The zero-order chi connectivity index (χ0) is 15.9. The Kier molecular flexibility index (Phi) is 3.01. The van der Waals surface area contributed by atoms with E-state index >= 15 is 0 Å². The normalized spacial score (nSPS) is 11.8. The van der Waals surface area contributed by atoms with Crippen LogP contribution in [0.15, 0.2) is 24.5 Å². The molecule has 7 nitrogen and oxygen atoms in total. The molecule has 2 N–H and O–H groups in total. The van der Waals surface area contributed by atoms with Gasteiger partial charge in [0.25, 0.3) is 0 Å². The van der Waals surface area contributed by atoms with Crippen LogP contribution in [0.5, 0.6) is 0 Å². The number of carboxylic acid groups (broad SMARTS) is 1. The molecular weight excluding hydrogens is 303 g/mol. The van der Waals surface area contributed by atoms with Crippen LogP contribution < -0.4 is 0 Å². The molecule has 0 aliphatic heterocycles. The molecule has 0 saturated carbocycles. The maximum absolute atomic E-state index is 12.7. The van der Waals surface area contributed by atoms with E-state index in [1.54, 1.807) is 0 Å². The second kappa shape index (κ2) is 4.76. The molecule has 0 radical (unpaired) electrons. The van der Waals surface area contributed by atoms with Gasteiger partial charge in [-0.05, 0) is 12.1 Å². The molecule has 0 unspecified atom stereocenters. The van der Waals surface area contributed by atoms with Crippen LogP contribution in [0, 0.1) is 0 Å². The number of hydrogen-bond acceptors (Lipinski definition) is 5. The number of aromatic carboxylic acids is 1. The van der Waals surface area contributed by atoms with Gasteiger partial charge in [-0.25, -0.2) is 19.7 Å². The van der Waals surface area contributed by atoms with Crippen LogP contribution in [0.3, 0.4) is 0 Å². The number of nitrogens with zero attached hydrogens (tertiary/aromatic N) is 4. The van der Waals surface area contributed by atoms with E-state index in [0.717, 1.165) is 18.3 Å². The second-order valence-electron chi connectivity index (χ2n) is 4.25. The summed E-state index contributed by atoms with van der Waals surface area (Å²) in [6, 6.07) is 1.68. The molecule has 3 aromatic heterocycles. The van der Waals surface area contributed by atoms with Crippen LogP contribution in [-0.4, -0.2) is 36.0 Å². The molecule has 3 aromatic rings. The number of carbonyl (C=O) groups is 1. The third kappa shape index (κ3) is 2.45. The number of aromatic nitrogens is 5. The number of alkyl halides is 3. The number of rotatable bonds is 2. The van der Waals surface area contributed by atoms with Gasteiger partial charge >= 0.3 is 12.1 Å². The van der Waals surface area contributed by atoms with Gasteiger partial charge in [-0.3, -0.25) is 4.98 Å². The number of nitrogens with one attached hydrogen (secondary N) is 1. The van der Waals surface area contributed by atoms with Gasteiger partial charge in [0, 0.05) is 6.20 Å². The van der Waals surface area contributed by atoms with Crippen LogP contribution >= 0.6 is 0 Å². The third-order valence-electron chi connectivity index (χ3n) is 2.76. The molecule has 10 heteroatoms. The number of hydrogen-bond donors (Lipinski definition) is 2. The standard InChI is InChI=1S/C12H6F3N5O2/c13-12(14,15)5-1-2-16-6(3-5)8-18-7-4-17-10(11(21)22)20-9(7)19-8/h1-4H,(H,21,22)(H,17,18,19,20). The zero-order valence-electron chi connectivity index (χ0n) is 10.6. The van der Waals surface area contributed by atoms with E-state index in [4.69, 9.17) is 5.11 Å². The maximum Gasteiger partial charge on any atom is 0.416 e. The molecule has 0 aliphatic carbocycles. The lowest BCUT2D eigenvalue weighted by Crippen LogP contribution is -2.05. The summed E-state index contributed by atoms with van der Waals surface area (Å²) in [5.41, 5.74) is -0.583. The number of pyridine rings is 1. The minimum atomic E-state index is -4.50. The average Bonchev–Trinajstić information content (AvgIpc) is 2.89. The average molecular weight is 309 g/mol. The number of halogens is 3. The summed E-state index contributed by atoms with van der Waals surface area (Å²) in [5, 5.41) is 8.79. The molecule has 22 heavy (non-hydrogen) atoms. The first kappa shape index (κ1) is 13.9. The first-order valence-corrected chi connectivity index (χ1v) is 5.84. The fraction of sp³-hybridized carbons (Fsp3) is 0.0833. The van der Waals surface area contributed by atoms with Gasteiger partial charge in [0.05, 0.1) is 11.8 Å². The van der Waals surface area contributed by atoms with Crippen molar-refractivity contribution in [3.63, 3.8) is 0 Å². The van der Waals surface area contributed by atoms with Crippen molar-refractivity contribution in [2.45, 2.75) is 6.18 Å². The Morgan fingerprint density at radius 3 is 2.68 bits per heavy atom. The largest absolute Gasteiger partial charge is 0.475 e. The van der Waals surface area contributed by atoms with E-state index in [1.165, 1.54) is 6.20 Å². The van der Waals surface area contributed by atoms with Crippen LogP contribution in [0.25, 0.3) is 22.7 Å². The quantitative estimate of drug-likeness (QED) is 0.751. The van der Waals surface area contributed by atoms with Gasteiger partial charge in [-0.2, -0.15) is 13.2 Å². The van der Waals surface area contributed by atoms with Crippen LogP contribution in [-0.2, 0) is 6.18 Å². The van der Waals surface area contributed by atoms with Crippen molar-refractivity contribution < 1.29 is 23.1 Å². The summed E-state index contributed by atoms with van der Waals surface area (Å²) in [6.07, 6.45) is -2.30. The highest BCUT2D eigenvalue weighted by Gasteiger charge is 2.31. The van der Waals surface area contributed by atoms with Gasteiger partial charge in [0.2, 0.25) is 5.82 Å². The lowest BCUT2D eigenvalue weighted by atomic mass is 10.2. The second-order valence-corrected chi connectivity index (χ2v) is 4.25. The Hall–Kier alpha value is -3.04. The summed E-state index contributed by atoms with van der Waals surface area (Å²) >= 11 is 0. The summed E-state index contributed by atoms with van der Waals surface area (Å²) < 4.78 is 38.1. The van der Waals surface area contributed by atoms with Gasteiger partial charge in [0.15, 0.2) is 11.5 Å². The minimum absolute atomic E-state index is 0.0293. The number of carboxylic acids is 1. The van der Waals surface area contributed by atoms with Gasteiger partial charge in [-0.1, -0.05) is 0 Å². The molecule has 0 aromatic carbocycles. The van der Waals surface area contributed by atoms with Gasteiger partial charge in [-0.15, -0.1) is 0 Å². The number of imidazole rings is 1. The molecule has 0 atom stereocenters. The summed E-state index contributed by atoms with van der Waals surface area (Å²) in [6.45, 7) is 0. The van der Waals surface area contributed by atoms with Crippen LogP contribution in [0.1, 0.15) is 16.2 Å². The fourth-order valence-electron chi connectivity index (χ4n) is 1.77. The lowest BCUT2D eigenvalue weighted by molar-refractivity contribution is -0.137. The van der Waals surface area contributed by atoms with E-state index in [9.17, 15) is 18.0 Å². The number of aromatic amines is 1. The van der Waals surface area contributed by atoms with Crippen molar-refractivity contribution >= 4 is 17.1 Å². The molecular formula is C12H6F3N5O2. The maximum atomic E-state index is 12.7. The Morgan fingerprint density at radius 1 is 1.23 bits per heavy atom. The zero-order valence-corrected chi connectivity index (χ0v) is 10.6. The van der Waals surface area contributed by atoms with E-state index in [1.807, 2.05) is 0 Å². The summed E-state index contributed by atoms with van der Waals surface area (Å²) in [7, 11) is 0. The Morgan fingerprint density at radius 2 is 2.00 bits per heavy atom. The van der Waals surface area contributed by atoms with Crippen molar-refractivity contribution in [3.05, 3.63) is 35.9 Å². The van der Waals surface area contributed by atoms with Crippen molar-refractivity contribution in [1.29, 1.82) is 0 Å². The SMILES string of the molecule is O=C(O)c1ncc2[nH]c(-c3cc(C(F)(F)F)ccn3)nc2n1. The highest BCUT2D eigenvalue weighted by atomic mass is 19.4. The Bertz CT molecular complexity index is 875. The first-order chi connectivity index (χ1) is 10.3. The molecule has 0 aliphatic rings. The van der Waals surface area contributed by atoms with Crippen molar-refractivity contribution in [1.82, 2.24) is 24.9 Å². The van der Waals surface area contributed by atoms with E-state index in [2.05, 4.69) is 24.9 Å². The topological polar surface area (TPSA) is 105 Å². The molecule has 3 rings (SSSR count). The predicted molar refractivity (Wildman–Crippen MR) is 66.9 cm³/mol. The highest BCUT2D eigenvalue weighted by molar-refractivity contribution is 5.86. The molecule has 0 spiro atoms. The first-order valence-electron chi connectivity index (χ1n) is 5.84. The van der Waals surface area contributed by atoms with E-state index < -0.39 is 23.5 Å². The van der Waals surface area contributed by atoms with Crippen molar-refractivity contribution in [2.75, 3.05) is 0 Å². The molecule has 0 amide bonds. The third-order valence-corrected chi connectivity index (χ3v) is 2.76. The Balaban J connectivity index is 2.09. The smallest absolute Gasteiger partial charge is 0.416 e. The van der Waals surface area contributed by atoms with Gasteiger partial charge < -0.3 is 10.1 Å². The van der Waals surface area contributed by atoms with E-state index in [-0.39, 0.29) is 17.2 Å². The van der Waals surface area contributed by atoms with Crippen LogP contribution in [0.2, 0.25) is 0 Å². The number of fused-ring (bicyclic) bond motifs is 1. The monoisotopic (exact) mass is 309 g/mol. The highest BCUT2D eigenvalue weighted by Crippen LogP contribution is 2.30. The summed E-state index contributed by atoms with van der Waals surface area (Å²) in [5.74, 6) is -1.75. The van der Waals surface area contributed by atoms with Crippen LogP contribution in [0.4, 0.5) is 13.2 Å². The predicted octanol–water partition coefficient (Wildman–Crippen LogP) is 2.13. The van der Waals surface area contributed by atoms with Crippen molar-refractivity contribution in [3.8, 4) is 11.5 Å². The number of H-pyrrole nitrogens is 1. The summed E-state index contributed by atoms with van der Waals surface area (Å²) in [4.78, 5) is 28.5. The molecule has 0 fully saturated rings. The van der Waals surface area contributed by atoms with E-state index in [0.29, 0.717) is 5.52 Å².